The van der Waals surface area contributed by atoms with Gasteiger partial charge in [-0.3, -0.25) is 10.1 Å². The lowest BCUT2D eigenvalue weighted by atomic mass is 10.2. The van der Waals surface area contributed by atoms with Crippen molar-refractivity contribution in [1.29, 1.82) is 0 Å². The molecular formula is C10H13N3O2S. The molecule has 0 atom stereocenters. The predicted molar refractivity (Wildman–Crippen MR) is 65.2 cm³/mol. The lowest BCUT2D eigenvalue weighted by Gasteiger charge is -2.26. The van der Waals surface area contributed by atoms with Crippen LogP contribution in [0.5, 0.6) is 0 Å². The van der Waals surface area contributed by atoms with Crippen LogP contribution in [-0.4, -0.2) is 34.5 Å². The molecule has 1 fully saturated rings. The topological polar surface area (TPSA) is 59.3 Å². The van der Waals surface area contributed by atoms with Gasteiger partial charge in [-0.15, -0.1) is 0 Å². The molecule has 1 aliphatic rings. The number of thioether (sulfide) groups is 1. The molecule has 1 aliphatic heterocycles. The quantitative estimate of drug-likeness (QED) is 0.582. The molecule has 2 heterocycles. The monoisotopic (exact) mass is 239 g/mol. The van der Waals surface area contributed by atoms with E-state index in [0.29, 0.717) is 5.82 Å². The molecule has 5 nitrogen and oxygen atoms in total. The van der Waals surface area contributed by atoms with E-state index in [1.807, 2.05) is 23.6 Å². The summed E-state index contributed by atoms with van der Waals surface area (Å²) in [7, 11) is 0. The van der Waals surface area contributed by atoms with E-state index in [-0.39, 0.29) is 10.6 Å². The first kappa shape index (κ1) is 11.2. The summed E-state index contributed by atoms with van der Waals surface area (Å²) in [5, 5.41) is 11.0. The Morgan fingerprint density at radius 3 is 2.81 bits per heavy atom. The van der Waals surface area contributed by atoms with Gasteiger partial charge in [0.15, 0.2) is 0 Å². The Hall–Kier alpha value is -1.30. The molecule has 0 N–H and O–H groups in total. The normalized spacial score (nSPS) is 16.2. The molecule has 0 saturated carbocycles. The summed E-state index contributed by atoms with van der Waals surface area (Å²) in [6.07, 6.45) is 1.68. The number of anilines is 1. The van der Waals surface area contributed by atoms with Gasteiger partial charge < -0.3 is 4.90 Å². The smallest absolute Gasteiger partial charge is 0.311 e. The van der Waals surface area contributed by atoms with Crippen LogP contribution in [0.4, 0.5) is 11.5 Å². The van der Waals surface area contributed by atoms with Crippen molar-refractivity contribution in [2.75, 3.05) is 29.5 Å². The lowest BCUT2D eigenvalue weighted by molar-refractivity contribution is -0.384. The van der Waals surface area contributed by atoms with Crippen LogP contribution in [0.15, 0.2) is 12.3 Å². The molecule has 86 valence electrons. The Labute approximate surface area is 98.0 Å². The first-order valence-electron chi connectivity index (χ1n) is 5.12. The molecule has 1 saturated heterocycles. The maximum absolute atomic E-state index is 11.0. The van der Waals surface area contributed by atoms with Gasteiger partial charge in [-0.1, -0.05) is 0 Å². The number of aromatic nitrogens is 1. The average molecular weight is 239 g/mol. The number of aryl methyl sites for hydroxylation is 1. The molecule has 0 radical (unpaired) electrons. The highest BCUT2D eigenvalue weighted by molar-refractivity contribution is 7.99. The van der Waals surface area contributed by atoms with Crippen molar-refractivity contribution < 1.29 is 4.92 Å². The number of nitro groups is 1. The van der Waals surface area contributed by atoms with Crippen LogP contribution in [0.1, 0.15) is 5.56 Å². The zero-order chi connectivity index (χ0) is 11.5. The summed E-state index contributed by atoms with van der Waals surface area (Å²) in [5.41, 5.74) is 0.939. The Kier molecular flexibility index (Phi) is 3.28. The van der Waals surface area contributed by atoms with Gasteiger partial charge in [-0.05, 0) is 12.5 Å². The molecule has 0 aromatic carbocycles. The van der Waals surface area contributed by atoms with Crippen LogP contribution in [0, 0.1) is 17.0 Å². The van der Waals surface area contributed by atoms with Gasteiger partial charge >= 0.3 is 5.69 Å². The summed E-state index contributed by atoms with van der Waals surface area (Å²) < 4.78 is 0. The van der Waals surface area contributed by atoms with Gasteiger partial charge in [0, 0.05) is 36.9 Å². The molecule has 6 heteroatoms. The fraction of sp³-hybridized carbons (Fsp3) is 0.500. The van der Waals surface area contributed by atoms with E-state index in [1.165, 1.54) is 0 Å². The maximum Gasteiger partial charge on any atom is 0.311 e. The van der Waals surface area contributed by atoms with Crippen molar-refractivity contribution in [3.63, 3.8) is 0 Å². The highest BCUT2D eigenvalue weighted by Crippen LogP contribution is 2.28. The van der Waals surface area contributed by atoms with E-state index in [2.05, 4.69) is 4.98 Å². The molecule has 0 amide bonds. The van der Waals surface area contributed by atoms with Crippen LogP contribution in [0.25, 0.3) is 0 Å². The molecule has 0 spiro atoms. The Bertz CT molecular complexity index is 405. The van der Waals surface area contributed by atoms with Crippen molar-refractivity contribution in [3.8, 4) is 0 Å². The third-order valence-electron chi connectivity index (χ3n) is 2.49. The van der Waals surface area contributed by atoms with Crippen LogP contribution in [0.3, 0.4) is 0 Å². The Morgan fingerprint density at radius 1 is 1.50 bits per heavy atom. The van der Waals surface area contributed by atoms with E-state index in [0.717, 1.165) is 30.2 Å². The molecular weight excluding hydrogens is 226 g/mol. The highest BCUT2D eigenvalue weighted by atomic mass is 32.2. The Morgan fingerprint density at radius 2 is 2.19 bits per heavy atom. The van der Waals surface area contributed by atoms with Gasteiger partial charge in [-0.2, -0.15) is 11.8 Å². The van der Waals surface area contributed by atoms with Crippen molar-refractivity contribution >= 4 is 23.3 Å². The fourth-order valence-electron chi connectivity index (χ4n) is 1.70. The number of nitrogens with zero attached hydrogens (tertiary/aromatic N) is 3. The van der Waals surface area contributed by atoms with Gasteiger partial charge in [-0.25, -0.2) is 4.98 Å². The zero-order valence-corrected chi connectivity index (χ0v) is 9.87. The summed E-state index contributed by atoms with van der Waals surface area (Å²) in [4.78, 5) is 16.8. The fourth-order valence-corrected chi connectivity index (χ4v) is 2.60. The van der Waals surface area contributed by atoms with Crippen molar-refractivity contribution in [3.05, 3.63) is 27.9 Å². The second-order valence-corrected chi connectivity index (χ2v) is 4.94. The summed E-state index contributed by atoms with van der Waals surface area (Å²) in [6, 6.07) is 1.59. The van der Waals surface area contributed by atoms with Crippen LogP contribution in [0.2, 0.25) is 0 Å². The minimum absolute atomic E-state index is 0.118. The summed E-state index contributed by atoms with van der Waals surface area (Å²) in [6.45, 7) is 3.49. The first-order chi connectivity index (χ1) is 7.68. The van der Waals surface area contributed by atoms with Gasteiger partial charge in [0.05, 0.1) is 4.92 Å². The van der Waals surface area contributed by atoms with Crippen molar-refractivity contribution in [1.82, 2.24) is 4.98 Å². The average Bonchev–Trinajstić information content (AvgIpc) is 2.30. The second-order valence-electron chi connectivity index (χ2n) is 3.71. The minimum Gasteiger partial charge on any atom is -0.349 e. The van der Waals surface area contributed by atoms with Crippen molar-refractivity contribution in [2.45, 2.75) is 6.92 Å². The number of hydrogen-bond donors (Lipinski definition) is 0. The Balaban J connectivity index is 2.34. The minimum atomic E-state index is -0.350. The van der Waals surface area contributed by atoms with E-state index in [4.69, 9.17) is 0 Å². The van der Waals surface area contributed by atoms with E-state index >= 15 is 0 Å². The largest absolute Gasteiger partial charge is 0.349 e. The highest BCUT2D eigenvalue weighted by Gasteiger charge is 2.22. The van der Waals surface area contributed by atoms with Crippen LogP contribution < -0.4 is 4.90 Å². The molecule has 2 rings (SSSR count). The maximum atomic E-state index is 11.0. The molecule has 16 heavy (non-hydrogen) atoms. The van der Waals surface area contributed by atoms with Crippen LogP contribution in [-0.2, 0) is 0 Å². The molecule has 0 unspecified atom stereocenters. The van der Waals surface area contributed by atoms with Crippen LogP contribution >= 0.6 is 11.8 Å². The summed E-state index contributed by atoms with van der Waals surface area (Å²) >= 11 is 1.87. The number of pyridine rings is 1. The first-order valence-corrected chi connectivity index (χ1v) is 6.27. The zero-order valence-electron chi connectivity index (χ0n) is 9.05. The number of rotatable bonds is 2. The van der Waals surface area contributed by atoms with Gasteiger partial charge in [0.25, 0.3) is 0 Å². The third-order valence-corrected chi connectivity index (χ3v) is 3.43. The van der Waals surface area contributed by atoms with Crippen molar-refractivity contribution in [2.24, 2.45) is 0 Å². The third kappa shape index (κ3) is 2.27. The molecule has 0 aliphatic carbocycles. The van der Waals surface area contributed by atoms with E-state index < -0.39 is 0 Å². The van der Waals surface area contributed by atoms with Gasteiger partial charge in [0.1, 0.15) is 0 Å². The van der Waals surface area contributed by atoms with Gasteiger partial charge in [0.2, 0.25) is 5.82 Å². The molecule has 0 bridgehead atoms. The SMILES string of the molecule is Cc1cnc(N2CCSCC2)c([N+](=O)[O-])c1. The van der Waals surface area contributed by atoms with E-state index in [9.17, 15) is 10.1 Å². The lowest BCUT2D eigenvalue weighted by Crippen LogP contribution is -2.33. The standard InChI is InChI=1S/C10H13N3O2S/c1-8-6-9(13(14)15)10(11-7-8)12-2-4-16-5-3-12/h6-7H,2-5H2,1H3. The summed E-state index contributed by atoms with van der Waals surface area (Å²) in [5.74, 6) is 2.52. The molecule has 1 aromatic heterocycles. The number of hydrogen-bond acceptors (Lipinski definition) is 5. The second kappa shape index (κ2) is 4.69. The van der Waals surface area contributed by atoms with E-state index in [1.54, 1.807) is 12.3 Å². The predicted octanol–water partition coefficient (Wildman–Crippen LogP) is 1.85. The molecule has 1 aromatic rings.